The van der Waals surface area contributed by atoms with Crippen LogP contribution in [-0.4, -0.2) is 26.0 Å². The molecule has 0 bridgehead atoms. The van der Waals surface area contributed by atoms with Crippen LogP contribution < -0.4 is 5.73 Å². The zero-order valence-electron chi connectivity index (χ0n) is 5.91. The van der Waals surface area contributed by atoms with Crippen LogP contribution in [0.25, 0.3) is 0 Å². The number of nitrogens with zero attached hydrogens (tertiary/aromatic N) is 3. The highest BCUT2D eigenvalue weighted by atomic mass is 16.9. The molecule has 0 saturated heterocycles. The van der Waals surface area contributed by atoms with Gasteiger partial charge in [0.15, 0.2) is 0 Å². The number of nitrogens with one attached hydrogen (secondary N) is 1. The highest BCUT2D eigenvalue weighted by molar-refractivity contribution is 5.75. The molecule has 66 valence electrons. The summed E-state index contributed by atoms with van der Waals surface area (Å²) in [5.41, 5.74) is 5.04. The van der Waals surface area contributed by atoms with E-state index in [4.69, 9.17) is 26.5 Å². The standard InChI is InChI=1S/C4H6N4.HNO3/c5-4(6)8-3-1-2-7-8;2-1(3)4/h1-3H,(H3,5,6);(H,2,3,4). The van der Waals surface area contributed by atoms with Crippen LogP contribution in [0.15, 0.2) is 18.5 Å². The van der Waals surface area contributed by atoms with Crippen LogP contribution in [0.2, 0.25) is 0 Å². The summed E-state index contributed by atoms with van der Waals surface area (Å²) in [5.74, 6) is -0.0602. The Kier molecular flexibility index (Phi) is 3.84. The van der Waals surface area contributed by atoms with Crippen LogP contribution in [0, 0.1) is 15.5 Å². The first-order valence-electron chi connectivity index (χ1n) is 2.71. The number of nitrogens with two attached hydrogens (primary N) is 1. The molecule has 8 nitrogen and oxygen atoms in total. The first kappa shape index (κ1) is 9.88. The van der Waals surface area contributed by atoms with Crippen LogP contribution >= 0.6 is 0 Å². The molecule has 8 heteroatoms. The van der Waals surface area contributed by atoms with E-state index in [0.29, 0.717) is 0 Å². The Hall–Kier alpha value is -2.12. The van der Waals surface area contributed by atoms with E-state index in [0.717, 1.165) is 0 Å². The van der Waals surface area contributed by atoms with E-state index in [-0.39, 0.29) is 5.96 Å². The Labute approximate surface area is 66.8 Å². The maximum Gasteiger partial charge on any atom is 0.291 e. The van der Waals surface area contributed by atoms with Crippen molar-refractivity contribution in [3.05, 3.63) is 28.6 Å². The number of hydrogen-bond donors (Lipinski definition) is 3. The molecule has 0 amide bonds. The number of aromatic nitrogens is 2. The van der Waals surface area contributed by atoms with Gasteiger partial charge in [0.05, 0.1) is 0 Å². The van der Waals surface area contributed by atoms with Gasteiger partial charge in [0.25, 0.3) is 5.09 Å². The van der Waals surface area contributed by atoms with E-state index < -0.39 is 5.09 Å². The lowest BCUT2D eigenvalue weighted by Crippen LogP contribution is -2.20. The Bertz CT molecular complexity index is 252. The summed E-state index contributed by atoms with van der Waals surface area (Å²) >= 11 is 0. The third-order valence-electron chi connectivity index (χ3n) is 0.751. The molecule has 1 rings (SSSR count). The van der Waals surface area contributed by atoms with Gasteiger partial charge in [-0.2, -0.15) is 5.10 Å². The molecule has 0 aliphatic rings. The largest absolute Gasteiger partial charge is 0.368 e. The minimum atomic E-state index is -1.50. The smallest absolute Gasteiger partial charge is 0.291 e. The van der Waals surface area contributed by atoms with Crippen molar-refractivity contribution in [1.82, 2.24) is 9.78 Å². The van der Waals surface area contributed by atoms with Crippen molar-refractivity contribution >= 4 is 5.96 Å². The fourth-order valence-corrected chi connectivity index (χ4v) is 0.411. The molecule has 12 heavy (non-hydrogen) atoms. The number of nitrogen functional groups attached to an aromatic ring is 1. The van der Waals surface area contributed by atoms with Crippen LogP contribution in [0.3, 0.4) is 0 Å². The molecule has 0 aliphatic heterocycles. The van der Waals surface area contributed by atoms with E-state index in [2.05, 4.69) is 5.10 Å². The Balaban J connectivity index is 0.000000261. The van der Waals surface area contributed by atoms with Gasteiger partial charge in [-0.05, 0) is 6.07 Å². The van der Waals surface area contributed by atoms with E-state index in [1.807, 2.05) is 0 Å². The third kappa shape index (κ3) is 4.73. The number of rotatable bonds is 0. The van der Waals surface area contributed by atoms with Crippen molar-refractivity contribution in [2.24, 2.45) is 5.73 Å². The molecule has 0 atom stereocenters. The molecular formula is C4H7N5O3. The molecule has 0 spiro atoms. The summed E-state index contributed by atoms with van der Waals surface area (Å²) < 4.78 is 1.28. The number of hydrogen-bond acceptors (Lipinski definition) is 4. The molecule has 0 aliphatic carbocycles. The Morgan fingerprint density at radius 3 is 2.50 bits per heavy atom. The van der Waals surface area contributed by atoms with Crippen LogP contribution in [0.1, 0.15) is 0 Å². The van der Waals surface area contributed by atoms with Gasteiger partial charge < -0.3 is 10.9 Å². The molecular weight excluding hydrogens is 166 g/mol. The van der Waals surface area contributed by atoms with E-state index in [1.54, 1.807) is 18.5 Å². The van der Waals surface area contributed by atoms with Gasteiger partial charge in [-0.25, -0.2) is 4.68 Å². The normalized spacial score (nSPS) is 8.00. The van der Waals surface area contributed by atoms with Crippen molar-refractivity contribution in [2.45, 2.75) is 0 Å². The zero-order chi connectivity index (χ0) is 9.56. The molecule has 0 fully saturated rings. The maximum atomic E-state index is 8.36. The molecule has 1 heterocycles. The lowest BCUT2D eigenvalue weighted by molar-refractivity contribution is -0.742. The summed E-state index contributed by atoms with van der Waals surface area (Å²) in [4.78, 5) is 8.36. The van der Waals surface area contributed by atoms with Gasteiger partial charge in [-0.1, -0.05) is 0 Å². The minimum absolute atomic E-state index is 0.0602. The predicted octanol–water partition coefficient (Wildman–Crippen LogP) is -0.723. The van der Waals surface area contributed by atoms with Crippen LogP contribution in [0.4, 0.5) is 0 Å². The summed E-state index contributed by atoms with van der Waals surface area (Å²) in [5, 5.41) is 24.2. The predicted molar refractivity (Wildman–Crippen MR) is 38.3 cm³/mol. The Morgan fingerprint density at radius 1 is 1.83 bits per heavy atom. The van der Waals surface area contributed by atoms with Crippen molar-refractivity contribution in [1.29, 1.82) is 5.41 Å². The highest BCUT2D eigenvalue weighted by Gasteiger charge is 1.87. The van der Waals surface area contributed by atoms with Gasteiger partial charge in [0.2, 0.25) is 5.96 Å². The summed E-state index contributed by atoms with van der Waals surface area (Å²) in [6.07, 6.45) is 3.18. The lowest BCUT2D eigenvalue weighted by Gasteiger charge is -1.91. The van der Waals surface area contributed by atoms with Gasteiger partial charge in [-0.15, -0.1) is 10.1 Å². The molecule has 0 saturated carbocycles. The molecule has 1 aromatic rings. The maximum absolute atomic E-state index is 8.36. The second-order valence-electron chi connectivity index (χ2n) is 1.57. The second kappa shape index (κ2) is 4.66. The molecule has 0 unspecified atom stereocenters. The fourth-order valence-electron chi connectivity index (χ4n) is 0.411. The zero-order valence-corrected chi connectivity index (χ0v) is 5.91. The third-order valence-corrected chi connectivity index (χ3v) is 0.751. The summed E-state index contributed by atoms with van der Waals surface area (Å²) in [6.45, 7) is 0. The molecule has 0 aromatic carbocycles. The van der Waals surface area contributed by atoms with Crippen molar-refractivity contribution in [2.75, 3.05) is 0 Å². The topological polar surface area (TPSA) is 131 Å². The summed E-state index contributed by atoms with van der Waals surface area (Å²) in [7, 11) is 0. The Morgan fingerprint density at radius 2 is 2.33 bits per heavy atom. The van der Waals surface area contributed by atoms with Crippen molar-refractivity contribution in [3.8, 4) is 0 Å². The SMILES string of the molecule is N=C(N)n1cccn1.O=[N+]([O-])O. The van der Waals surface area contributed by atoms with Crippen molar-refractivity contribution in [3.63, 3.8) is 0 Å². The van der Waals surface area contributed by atoms with Crippen molar-refractivity contribution < 1.29 is 10.3 Å². The van der Waals surface area contributed by atoms with E-state index in [1.165, 1.54) is 4.68 Å². The van der Waals surface area contributed by atoms with Crippen LogP contribution in [0.5, 0.6) is 0 Å². The monoisotopic (exact) mass is 173 g/mol. The highest BCUT2D eigenvalue weighted by Crippen LogP contribution is 1.77. The van der Waals surface area contributed by atoms with Gasteiger partial charge in [0.1, 0.15) is 0 Å². The lowest BCUT2D eigenvalue weighted by atomic mass is 10.7. The molecule has 4 N–H and O–H groups in total. The van der Waals surface area contributed by atoms with Gasteiger partial charge >= 0.3 is 0 Å². The first-order chi connectivity index (χ1) is 5.54. The molecule has 0 radical (unpaired) electrons. The average Bonchev–Trinajstić information content (AvgIpc) is 2.34. The van der Waals surface area contributed by atoms with E-state index >= 15 is 0 Å². The average molecular weight is 173 g/mol. The van der Waals surface area contributed by atoms with Gasteiger partial charge in [0, 0.05) is 12.4 Å². The first-order valence-corrected chi connectivity index (χ1v) is 2.71. The van der Waals surface area contributed by atoms with E-state index in [9.17, 15) is 0 Å². The minimum Gasteiger partial charge on any atom is -0.368 e. The van der Waals surface area contributed by atoms with Crippen LogP contribution in [-0.2, 0) is 0 Å². The molecule has 1 aromatic heterocycles. The summed E-state index contributed by atoms with van der Waals surface area (Å²) in [6, 6.07) is 1.71. The quantitative estimate of drug-likeness (QED) is 0.206. The van der Waals surface area contributed by atoms with Gasteiger partial charge in [-0.3, -0.25) is 5.41 Å². The fraction of sp³-hybridized carbons (Fsp3) is 0. The second-order valence-corrected chi connectivity index (χ2v) is 1.57.